The van der Waals surface area contributed by atoms with Crippen LogP contribution < -0.4 is 5.32 Å². The van der Waals surface area contributed by atoms with E-state index in [1.165, 1.54) is 11.1 Å². The molecule has 18 heavy (non-hydrogen) atoms. The Kier molecular flexibility index (Phi) is 2.59. The van der Waals surface area contributed by atoms with E-state index in [1.807, 2.05) is 12.1 Å². The summed E-state index contributed by atoms with van der Waals surface area (Å²) >= 11 is 0. The molecule has 0 aliphatic heterocycles. The van der Waals surface area contributed by atoms with Gasteiger partial charge in [0, 0.05) is 12.5 Å². The van der Waals surface area contributed by atoms with Crippen molar-refractivity contribution in [2.45, 2.75) is 19.3 Å². The molecule has 1 aliphatic carbocycles. The zero-order valence-electron chi connectivity index (χ0n) is 10.1. The van der Waals surface area contributed by atoms with Gasteiger partial charge in [0.05, 0.1) is 0 Å². The minimum atomic E-state index is -0.219. The fourth-order valence-electron chi connectivity index (χ4n) is 2.28. The maximum atomic E-state index is 11.8. The first-order valence-corrected chi connectivity index (χ1v) is 5.99. The average Bonchev–Trinajstić information content (AvgIpc) is 2.77. The molecular formula is C13H14N4O. The minimum Gasteiger partial charge on any atom is -0.349 e. The second-order valence-electron chi connectivity index (χ2n) is 4.55. The topological polar surface area (TPSA) is 70.7 Å². The van der Waals surface area contributed by atoms with Crippen LogP contribution in [0.25, 0.3) is 0 Å². The Balaban J connectivity index is 1.59. The number of hydrogen-bond acceptors (Lipinski definition) is 3. The SMILES string of the molecule is Cc1nc(C(=O)NCC2Cc3ccccc32)n[nH]1. The number of carbonyl (C=O) groups excluding carboxylic acids is 1. The van der Waals surface area contributed by atoms with Crippen molar-refractivity contribution in [3.05, 3.63) is 47.0 Å². The van der Waals surface area contributed by atoms with Gasteiger partial charge in [-0.3, -0.25) is 9.89 Å². The van der Waals surface area contributed by atoms with Gasteiger partial charge in [0.1, 0.15) is 5.82 Å². The van der Waals surface area contributed by atoms with Crippen molar-refractivity contribution in [3.63, 3.8) is 0 Å². The second kappa shape index (κ2) is 4.25. The number of aromatic nitrogens is 3. The summed E-state index contributed by atoms with van der Waals surface area (Å²) in [6, 6.07) is 8.33. The van der Waals surface area contributed by atoms with Gasteiger partial charge in [-0.1, -0.05) is 24.3 Å². The van der Waals surface area contributed by atoms with Crippen LogP contribution in [0.2, 0.25) is 0 Å². The van der Waals surface area contributed by atoms with Crippen molar-refractivity contribution >= 4 is 5.91 Å². The molecule has 1 amide bonds. The van der Waals surface area contributed by atoms with E-state index in [-0.39, 0.29) is 11.7 Å². The van der Waals surface area contributed by atoms with Crippen molar-refractivity contribution in [2.24, 2.45) is 0 Å². The monoisotopic (exact) mass is 242 g/mol. The van der Waals surface area contributed by atoms with Gasteiger partial charge >= 0.3 is 0 Å². The Morgan fingerprint density at radius 2 is 2.33 bits per heavy atom. The van der Waals surface area contributed by atoms with Crippen molar-refractivity contribution in [1.82, 2.24) is 20.5 Å². The van der Waals surface area contributed by atoms with Crippen LogP contribution in [0, 0.1) is 6.92 Å². The highest BCUT2D eigenvalue weighted by molar-refractivity contribution is 5.90. The summed E-state index contributed by atoms with van der Waals surface area (Å²) in [5, 5.41) is 9.36. The fraction of sp³-hybridized carbons (Fsp3) is 0.308. The molecule has 1 aromatic heterocycles. The second-order valence-corrected chi connectivity index (χ2v) is 4.55. The Morgan fingerprint density at radius 1 is 1.50 bits per heavy atom. The van der Waals surface area contributed by atoms with Gasteiger partial charge < -0.3 is 5.32 Å². The van der Waals surface area contributed by atoms with Crippen LogP contribution >= 0.6 is 0 Å². The minimum absolute atomic E-state index is 0.208. The first-order chi connectivity index (χ1) is 8.74. The number of hydrogen-bond donors (Lipinski definition) is 2. The first kappa shape index (κ1) is 11.0. The van der Waals surface area contributed by atoms with Crippen molar-refractivity contribution < 1.29 is 4.79 Å². The van der Waals surface area contributed by atoms with Crippen LogP contribution in [0.5, 0.6) is 0 Å². The van der Waals surface area contributed by atoms with Crippen LogP contribution in [0.1, 0.15) is 33.5 Å². The number of rotatable bonds is 3. The summed E-state index contributed by atoms with van der Waals surface area (Å²) in [6.45, 7) is 2.41. The van der Waals surface area contributed by atoms with Crippen molar-refractivity contribution in [3.8, 4) is 0 Å². The standard InChI is InChI=1S/C13H14N4O/c1-8-15-12(17-16-8)13(18)14-7-10-6-9-4-2-3-5-11(9)10/h2-5,10H,6-7H2,1H3,(H,14,18)(H,15,16,17). The number of nitrogens with one attached hydrogen (secondary N) is 2. The summed E-state index contributed by atoms with van der Waals surface area (Å²) in [6.07, 6.45) is 1.03. The van der Waals surface area contributed by atoms with E-state index in [1.54, 1.807) is 6.92 Å². The highest BCUT2D eigenvalue weighted by atomic mass is 16.2. The third-order valence-corrected chi connectivity index (χ3v) is 3.27. The van der Waals surface area contributed by atoms with Crippen LogP contribution in [-0.4, -0.2) is 27.6 Å². The number of benzene rings is 1. The van der Waals surface area contributed by atoms with Crippen LogP contribution in [-0.2, 0) is 6.42 Å². The van der Waals surface area contributed by atoms with E-state index >= 15 is 0 Å². The lowest BCUT2D eigenvalue weighted by Gasteiger charge is -2.29. The van der Waals surface area contributed by atoms with E-state index in [4.69, 9.17) is 0 Å². The van der Waals surface area contributed by atoms with E-state index in [0.29, 0.717) is 18.3 Å². The third-order valence-electron chi connectivity index (χ3n) is 3.27. The van der Waals surface area contributed by atoms with E-state index in [2.05, 4.69) is 32.6 Å². The third kappa shape index (κ3) is 1.88. The zero-order valence-corrected chi connectivity index (χ0v) is 10.1. The van der Waals surface area contributed by atoms with E-state index < -0.39 is 0 Å². The van der Waals surface area contributed by atoms with Gasteiger partial charge in [-0.15, -0.1) is 5.10 Å². The molecule has 5 nitrogen and oxygen atoms in total. The molecule has 5 heteroatoms. The van der Waals surface area contributed by atoms with Gasteiger partial charge in [-0.05, 0) is 24.5 Å². The Hall–Kier alpha value is -2.17. The van der Waals surface area contributed by atoms with Gasteiger partial charge in [-0.2, -0.15) is 0 Å². The van der Waals surface area contributed by atoms with Gasteiger partial charge in [-0.25, -0.2) is 4.98 Å². The largest absolute Gasteiger partial charge is 0.349 e. The van der Waals surface area contributed by atoms with Gasteiger partial charge in [0.15, 0.2) is 0 Å². The van der Waals surface area contributed by atoms with Crippen molar-refractivity contribution in [2.75, 3.05) is 6.54 Å². The maximum Gasteiger partial charge on any atom is 0.290 e. The molecule has 1 aliphatic rings. The van der Waals surface area contributed by atoms with Crippen LogP contribution in [0.3, 0.4) is 0 Å². The molecule has 0 fully saturated rings. The first-order valence-electron chi connectivity index (χ1n) is 5.99. The Morgan fingerprint density at radius 3 is 3.06 bits per heavy atom. The molecule has 0 spiro atoms. The summed E-state index contributed by atoms with van der Waals surface area (Å²) in [4.78, 5) is 15.8. The predicted octanol–water partition coefficient (Wildman–Crippen LogP) is 1.18. The molecule has 1 atom stereocenters. The molecule has 3 rings (SSSR count). The van der Waals surface area contributed by atoms with Crippen LogP contribution in [0.4, 0.5) is 0 Å². The fourth-order valence-corrected chi connectivity index (χ4v) is 2.28. The van der Waals surface area contributed by atoms with Gasteiger partial charge in [0.25, 0.3) is 5.91 Å². The van der Waals surface area contributed by atoms with E-state index in [9.17, 15) is 4.79 Å². The lowest BCUT2D eigenvalue weighted by atomic mass is 9.77. The molecule has 1 unspecified atom stereocenters. The Labute approximate surface area is 105 Å². The highest BCUT2D eigenvalue weighted by Crippen LogP contribution is 2.33. The molecule has 2 N–H and O–H groups in total. The van der Waals surface area contributed by atoms with Crippen molar-refractivity contribution in [1.29, 1.82) is 0 Å². The molecule has 0 saturated carbocycles. The molecule has 0 saturated heterocycles. The van der Waals surface area contributed by atoms with Gasteiger partial charge in [0.2, 0.25) is 5.82 Å². The summed E-state index contributed by atoms with van der Waals surface area (Å²) in [5.74, 6) is 1.06. The normalized spacial score (nSPS) is 16.8. The number of H-pyrrole nitrogens is 1. The number of carbonyl (C=O) groups is 1. The van der Waals surface area contributed by atoms with E-state index in [0.717, 1.165) is 6.42 Å². The number of fused-ring (bicyclic) bond motifs is 1. The number of nitrogens with zero attached hydrogens (tertiary/aromatic N) is 2. The lowest BCUT2D eigenvalue weighted by Crippen LogP contribution is -2.33. The molecule has 2 aromatic rings. The quantitative estimate of drug-likeness (QED) is 0.849. The lowest BCUT2D eigenvalue weighted by molar-refractivity contribution is 0.0940. The summed E-state index contributed by atoms with van der Waals surface area (Å²) < 4.78 is 0. The average molecular weight is 242 g/mol. The van der Waals surface area contributed by atoms with Crippen LogP contribution in [0.15, 0.2) is 24.3 Å². The Bertz CT molecular complexity index is 590. The summed E-state index contributed by atoms with van der Waals surface area (Å²) in [7, 11) is 0. The number of amides is 1. The molecule has 0 radical (unpaired) electrons. The molecule has 92 valence electrons. The molecule has 1 heterocycles. The zero-order chi connectivity index (χ0) is 12.5. The molecule has 1 aromatic carbocycles. The predicted molar refractivity (Wildman–Crippen MR) is 66.3 cm³/mol. The smallest absolute Gasteiger partial charge is 0.290 e. The maximum absolute atomic E-state index is 11.8. The summed E-state index contributed by atoms with van der Waals surface area (Å²) in [5.41, 5.74) is 2.72. The number of aryl methyl sites for hydroxylation is 1. The molecule has 0 bridgehead atoms. The highest BCUT2D eigenvalue weighted by Gasteiger charge is 2.26. The molecular weight excluding hydrogens is 228 g/mol. The number of aromatic amines is 1.